The molecule has 0 aliphatic carbocycles. The molecule has 0 spiro atoms. The SMILES string of the molecule is COC(=O)C1=CC(C)(C)CSC1. The van der Waals surface area contributed by atoms with Gasteiger partial charge >= 0.3 is 5.97 Å². The molecule has 0 aromatic heterocycles. The van der Waals surface area contributed by atoms with Gasteiger partial charge in [0, 0.05) is 17.1 Å². The zero-order valence-corrected chi connectivity index (χ0v) is 8.53. The third kappa shape index (κ3) is 2.27. The molecule has 0 atom stereocenters. The van der Waals surface area contributed by atoms with E-state index in [0.717, 1.165) is 17.1 Å². The smallest absolute Gasteiger partial charge is 0.334 e. The van der Waals surface area contributed by atoms with E-state index >= 15 is 0 Å². The summed E-state index contributed by atoms with van der Waals surface area (Å²) < 4.78 is 4.66. The van der Waals surface area contributed by atoms with Crippen molar-refractivity contribution in [1.82, 2.24) is 0 Å². The van der Waals surface area contributed by atoms with Crippen LogP contribution in [-0.4, -0.2) is 24.6 Å². The molecule has 1 aliphatic heterocycles. The summed E-state index contributed by atoms with van der Waals surface area (Å²) in [7, 11) is 1.43. The molecule has 0 aromatic carbocycles. The number of methoxy groups -OCH3 is 1. The van der Waals surface area contributed by atoms with Gasteiger partial charge in [-0.3, -0.25) is 0 Å². The summed E-state index contributed by atoms with van der Waals surface area (Å²) in [5.74, 6) is 1.68. The van der Waals surface area contributed by atoms with Gasteiger partial charge in [0.15, 0.2) is 0 Å². The van der Waals surface area contributed by atoms with Gasteiger partial charge in [-0.1, -0.05) is 19.9 Å². The van der Waals surface area contributed by atoms with E-state index in [9.17, 15) is 4.79 Å². The van der Waals surface area contributed by atoms with Gasteiger partial charge in [0.2, 0.25) is 0 Å². The van der Waals surface area contributed by atoms with Crippen LogP contribution in [0, 0.1) is 5.41 Å². The van der Waals surface area contributed by atoms with E-state index < -0.39 is 0 Å². The van der Waals surface area contributed by atoms with Crippen LogP contribution in [0.1, 0.15) is 13.8 Å². The van der Waals surface area contributed by atoms with Crippen molar-refractivity contribution in [3.63, 3.8) is 0 Å². The lowest BCUT2D eigenvalue weighted by Crippen LogP contribution is -2.21. The number of esters is 1. The van der Waals surface area contributed by atoms with Crippen LogP contribution in [0.4, 0.5) is 0 Å². The van der Waals surface area contributed by atoms with Gasteiger partial charge in [-0.25, -0.2) is 4.79 Å². The molecular weight excluding hydrogens is 172 g/mol. The average Bonchev–Trinajstić information content (AvgIpc) is 2.01. The number of ether oxygens (including phenoxy) is 1. The number of allylic oxidation sites excluding steroid dienone is 1. The molecule has 0 saturated carbocycles. The van der Waals surface area contributed by atoms with E-state index in [4.69, 9.17) is 0 Å². The van der Waals surface area contributed by atoms with Crippen LogP contribution >= 0.6 is 11.8 Å². The first-order chi connectivity index (χ1) is 5.55. The van der Waals surface area contributed by atoms with E-state index in [1.54, 1.807) is 11.8 Å². The Balaban J connectivity index is 2.77. The third-order valence-corrected chi connectivity index (χ3v) is 3.21. The number of carbonyl (C=O) groups is 1. The molecule has 1 heterocycles. The molecule has 1 aliphatic rings. The van der Waals surface area contributed by atoms with Crippen molar-refractivity contribution in [2.45, 2.75) is 13.8 Å². The number of rotatable bonds is 1. The van der Waals surface area contributed by atoms with Crippen molar-refractivity contribution in [3.05, 3.63) is 11.6 Å². The first-order valence-electron chi connectivity index (χ1n) is 3.93. The summed E-state index contributed by atoms with van der Waals surface area (Å²) >= 11 is 1.78. The molecule has 0 N–H and O–H groups in total. The predicted octanol–water partition coefficient (Wildman–Crippen LogP) is 1.86. The third-order valence-electron chi connectivity index (χ3n) is 1.74. The van der Waals surface area contributed by atoms with Gasteiger partial charge in [0.05, 0.1) is 7.11 Å². The second kappa shape index (κ2) is 3.52. The Morgan fingerprint density at radius 3 is 2.83 bits per heavy atom. The highest BCUT2D eigenvalue weighted by Crippen LogP contribution is 2.31. The van der Waals surface area contributed by atoms with Gasteiger partial charge in [0.25, 0.3) is 0 Å². The number of thioether (sulfide) groups is 1. The molecule has 0 unspecified atom stereocenters. The maximum atomic E-state index is 11.2. The summed E-state index contributed by atoms with van der Waals surface area (Å²) in [6.45, 7) is 4.25. The fraction of sp³-hybridized carbons (Fsp3) is 0.667. The summed E-state index contributed by atoms with van der Waals surface area (Å²) in [6.07, 6.45) is 2.02. The van der Waals surface area contributed by atoms with Crippen molar-refractivity contribution in [2.24, 2.45) is 5.41 Å². The summed E-state index contributed by atoms with van der Waals surface area (Å²) in [4.78, 5) is 11.2. The van der Waals surface area contributed by atoms with Crippen LogP contribution in [0.25, 0.3) is 0 Å². The quantitative estimate of drug-likeness (QED) is 0.585. The molecule has 0 bridgehead atoms. The molecule has 2 nitrogen and oxygen atoms in total. The van der Waals surface area contributed by atoms with E-state index in [0.29, 0.717) is 0 Å². The van der Waals surface area contributed by atoms with Gasteiger partial charge < -0.3 is 4.74 Å². The molecule has 3 heteroatoms. The molecule has 0 saturated heterocycles. The van der Waals surface area contributed by atoms with E-state index in [1.807, 2.05) is 6.08 Å². The molecule has 0 fully saturated rings. The number of carbonyl (C=O) groups excluding carboxylic acids is 1. The van der Waals surface area contributed by atoms with Crippen molar-refractivity contribution < 1.29 is 9.53 Å². The van der Waals surface area contributed by atoms with Gasteiger partial charge in [-0.05, 0) is 5.41 Å². The maximum Gasteiger partial charge on any atom is 0.334 e. The lowest BCUT2D eigenvalue weighted by atomic mass is 9.93. The Bertz CT molecular complexity index is 219. The molecule has 1 rings (SSSR count). The van der Waals surface area contributed by atoms with E-state index in [-0.39, 0.29) is 11.4 Å². The van der Waals surface area contributed by atoms with Gasteiger partial charge in [-0.2, -0.15) is 11.8 Å². The van der Waals surface area contributed by atoms with Crippen LogP contribution < -0.4 is 0 Å². The monoisotopic (exact) mass is 186 g/mol. The fourth-order valence-corrected chi connectivity index (χ4v) is 2.36. The van der Waals surface area contributed by atoms with E-state index in [1.165, 1.54) is 7.11 Å². The first-order valence-corrected chi connectivity index (χ1v) is 5.08. The average molecular weight is 186 g/mol. The Hall–Kier alpha value is -0.440. The largest absolute Gasteiger partial charge is 0.466 e. The number of hydrogen-bond acceptors (Lipinski definition) is 3. The lowest BCUT2D eigenvalue weighted by molar-refractivity contribution is -0.136. The second-order valence-electron chi connectivity index (χ2n) is 3.64. The van der Waals surface area contributed by atoms with Crippen molar-refractivity contribution in [3.8, 4) is 0 Å². The molecule has 0 amide bonds. The second-order valence-corrected chi connectivity index (χ2v) is 4.63. The molecule has 0 radical (unpaired) electrons. The highest BCUT2D eigenvalue weighted by Gasteiger charge is 2.24. The Morgan fingerprint density at radius 2 is 2.33 bits per heavy atom. The Kier molecular flexibility index (Phi) is 2.83. The zero-order valence-electron chi connectivity index (χ0n) is 7.72. The molecular formula is C9H14O2S. The Labute approximate surface area is 77.4 Å². The summed E-state index contributed by atoms with van der Waals surface area (Å²) in [5.41, 5.74) is 0.936. The molecule has 68 valence electrons. The lowest BCUT2D eigenvalue weighted by Gasteiger charge is -2.25. The van der Waals surface area contributed by atoms with Crippen LogP contribution in [0.15, 0.2) is 11.6 Å². The Morgan fingerprint density at radius 1 is 1.67 bits per heavy atom. The standard InChI is InChI=1S/C9H14O2S/c1-9(2)4-7(5-12-6-9)8(10)11-3/h4H,5-6H2,1-3H3. The summed E-state index contributed by atoms with van der Waals surface area (Å²) in [5, 5.41) is 0. The van der Waals surface area contributed by atoms with Gasteiger partial charge in [0.1, 0.15) is 0 Å². The van der Waals surface area contributed by atoms with Crippen LogP contribution in [0.2, 0.25) is 0 Å². The van der Waals surface area contributed by atoms with Crippen molar-refractivity contribution in [1.29, 1.82) is 0 Å². The topological polar surface area (TPSA) is 26.3 Å². The van der Waals surface area contributed by atoms with E-state index in [2.05, 4.69) is 18.6 Å². The summed E-state index contributed by atoms with van der Waals surface area (Å²) in [6, 6.07) is 0. The maximum absolute atomic E-state index is 11.2. The number of hydrogen-bond donors (Lipinski definition) is 0. The normalized spacial score (nSPS) is 21.4. The minimum atomic E-state index is -0.185. The molecule has 12 heavy (non-hydrogen) atoms. The van der Waals surface area contributed by atoms with Gasteiger partial charge in [-0.15, -0.1) is 0 Å². The van der Waals surface area contributed by atoms with Crippen molar-refractivity contribution >= 4 is 17.7 Å². The fourth-order valence-electron chi connectivity index (χ4n) is 1.23. The zero-order chi connectivity index (χ0) is 9.19. The highest BCUT2D eigenvalue weighted by atomic mass is 32.2. The first kappa shape index (κ1) is 9.65. The van der Waals surface area contributed by atoms with Crippen molar-refractivity contribution in [2.75, 3.05) is 18.6 Å². The molecule has 0 aromatic rings. The van der Waals surface area contributed by atoms with Crippen LogP contribution in [0.3, 0.4) is 0 Å². The predicted molar refractivity (Wildman–Crippen MR) is 51.2 cm³/mol. The minimum absolute atomic E-state index is 0.131. The van der Waals surface area contributed by atoms with Crippen LogP contribution in [-0.2, 0) is 9.53 Å². The van der Waals surface area contributed by atoms with Crippen LogP contribution in [0.5, 0.6) is 0 Å². The minimum Gasteiger partial charge on any atom is -0.466 e. The highest BCUT2D eigenvalue weighted by molar-refractivity contribution is 7.99.